The summed E-state index contributed by atoms with van der Waals surface area (Å²) in [7, 11) is 0. The summed E-state index contributed by atoms with van der Waals surface area (Å²) in [6, 6.07) is 8.57. The van der Waals surface area contributed by atoms with Crippen LogP contribution in [0, 0.1) is 18.7 Å². The molecule has 2 N–H and O–H groups in total. The topological polar surface area (TPSA) is 95.4 Å². The first-order valence-electron chi connectivity index (χ1n) is 12.1. The molecular weight excluding hydrogens is 518 g/mol. The number of aliphatic hydroxyl groups is 1. The lowest BCUT2D eigenvalue weighted by atomic mass is 9.85. The molecule has 10 heteroatoms. The molecule has 37 heavy (non-hydrogen) atoms. The van der Waals surface area contributed by atoms with Crippen molar-refractivity contribution in [2.45, 2.75) is 44.2 Å². The maximum absolute atomic E-state index is 14.2. The van der Waals surface area contributed by atoms with Crippen molar-refractivity contribution in [3.05, 3.63) is 87.2 Å². The molecule has 3 heterocycles. The van der Waals surface area contributed by atoms with Gasteiger partial charge in [0.05, 0.1) is 32.7 Å². The molecule has 5 rings (SSSR count). The largest absolute Gasteiger partial charge is 0.370 e. The first-order chi connectivity index (χ1) is 17.7. The first-order valence-corrected chi connectivity index (χ1v) is 12.8. The molecule has 1 unspecified atom stereocenters. The number of aromatic nitrogens is 2. The summed E-state index contributed by atoms with van der Waals surface area (Å²) in [5.74, 6) is -1.16. The van der Waals surface area contributed by atoms with Gasteiger partial charge in [-0.1, -0.05) is 29.3 Å². The molecule has 7 nitrogen and oxygen atoms in total. The number of halogens is 3. The molecule has 1 fully saturated rings. The van der Waals surface area contributed by atoms with Gasteiger partial charge in [-0.05, 0) is 68.9 Å². The minimum absolute atomic E-state index is 0.0173. The standard InChI is InChI=1S/C27H25Cl2FN4O3/c1-15-21(10-18(29)13-31-15)25(35)33-20-6-2-16(3-7-20)14-34-23-11-19(30)5-8-22(23)27(37,26(34)36)24-9-4-17(28)12-32-24/h4-5,8-13,16,20,37H,2-3,6-7,14H2,1H3,(H,33,35). The van der Waals surface area contributed by atoms with Crippen molar-refractivity contribution in [2.24, 2.45) is 5.92 Å². The summed E-state index contributed by atoms with van der Waals surface area (Å²) < 4.78 is 14.2. The fourth-order valence-corrected chi connectivity index (χ4v) is 5.49. The molecule has 0 bridgehead atoms. The van der Waals surface area contributed by atoms with Gasteiger partial charge in [-0.25, -0.2) is 4.39 Å². The second kappa shape index (κ2) is 10.0. The molecule has 2 amide bonds. The molecule has 1 aliphatic carbocycles. The average molecular weight is 543 g/mol. The lowest BCUT2D eigenvalue weighted by molar-refractivity contribution is -0.132. The van der Waals surface area contributed by atoms with Gasteiger partial charge in [0.2, 0.25) is 5.60 Å². The van der Waals surface area contributed by atoms with Gasteiger partial charge in [-0.15, -0.1) is 0 Å². The number of carbonyl (C=O) groups is 2. The highest BCUT2D eigenvalue weighted by atomic mass is 35.5. The summed E-state index contributed by atoms with van der Waals surface area (Å²) in [5, 5.41) is 15.4. The van der Waals surface area contributed by atoms with Gasteiger partial charge in [0, 0.05) is 30.5 Å². The highest BCUT2D eigenvalue weighted by molar-refractivity contribution is 6.31. The fourth-order valence-electron chi connectivity index (χ4n) is 5.22. The van der Waals surface area contributed by atoms with Crippen LogP contribution in [-0.4, -0.2) is 39.5 Å². The zero-order valence-corrected chi connectivity index (χ0v) is 21.6. The molecule has 1 saturated carbocycles. The van der Waals surface area contributed by atoms with E-state index in [4.69, 9.17) is 23.2 Å². The summed E-state index contributed by atoms with van der Waals surface area (Å²) in [5.41, 5.74) is -0.206. The molecule has 2 aliphatic rings. The third kappa shape index (κ3) is 4.81. The van der Waals surface area contributed by atoms with Crippen molar-refractivity contribution in [3.63, 3.8) is 0 Å². The van der Waals surface area contributed by atoms with E-state index < -0.39 is 17.3 Å². The van der Waals surface area contributed by atoms with Crippen LogP contribution in [-0.2, 0) is 10.4 Å². The van der Waals surface area contributed by atoms with Crippen molar-refractivity contribution in [3.8, 4) is 0 Å². The third-order valence-electron chi connectivity index (χ3n) is 7.21. The Morgan fingerprint density at radius 3 is 2.54 bits per heavy atom. The minimum Gasteiger partial charge on any atom is -0.370 e. The molecular formula is C27H25Cl2FN4O3. The van der Waals surface area contributed by atoms with Crippen molar-refractivity contribution in [2.75, 3.05) is 11.4 Å². The van der Waals surface area contributed by atoms with Gasteiger partial charge in [0.25, 0.3) is 11.8 Å². The van der Waals surface area contributed by atoms with Gasteiger partial charge >= 0.3 is 0 Å². The van der Waals surface area contributed by atoms with Crippen LogP contribution in [0.2, 0.25) is 10.0 Å². The number of carbonyl (C=O) groups excluding carboxylic acids is 2. The Balaban J connectivity index is 1.29. The zero-order chi connectivity index (χ0) is 26.3. The predicted molar refractivity (Wildman–Crippen MR) is 138 cm³/mol. The number of nitrogens with one attached hydrogen (secondary N) is 1. The lowest BCUT2D eigenvalue weighted by Gasteiger charge is -2.32. The second-order valence-electron chi connectivity index (χ2n) is 9.63. The van der Waals surface area contributed by atoms with E-state index in [-0.39, 0.29) is 23.6 Å². The summed E-state index contributed by atoms with van der Waals surface area (Å²) in [6.07, 6.45) is 5.83. The highest BCUT2D eigenvalue weighted by Crippen LogP contribution is 2.45. The van der Waals surface area contributed by atoms with Gasteiger partial charge in [-0.2, -0.15) is 0 Å². The second-order valence-corrected chi connectivity index (χ2v) is 10.5. The Morgan fingerprint density at radius 2 is 1.84 bits per heavy atom. The molecule has 1 atom stereocenters. The number of rotatable bonds is 5. The number of amides is 2. The molecule has 1 aromatic carbocycles. The molecule has 3 aromatic rings. The number of aryl methyl sites for hydroxylation is 1. The van der Waals surface area contributed by atoms with E-state index in [9.17, 15) is 19.1 Å². The summed E-state index contributed by atoms with van der Waals surface area (Å²) >= 11 is 11.9. The Labute approximate surface area is 223 Å². The number of benzene rings is 1. The van der Waals surface area contributed by atoms with E-state index in [0.29, 0.717) is 39.1 Å². The summed E-state index contributed by atoms with van der Waals surface area (Å²) in [4.78, 5) is 36.1. The van der Waals surface area contributed by atoms with Crippen molar-refractivity contribution in [1.82, 2.24) is 15.3 Å². The van der Waals surface area contributed by atoms with Crippen LogP contribution < -0.4 is 10.2 Å². The zero-order valence-electron chi connectivity index (χ0n) is 20.0. The number of nitrogens with zero attached hydrogens (tertiary/aromatic N) is 3. The monoisotopic (exact) mass is 542 g/mol. The molecule has 0 radical (unpaired) electrons. The number of hydrogen-bond acceptors (Lipinski definition) is 5. The van der Waals surface area contributed by atoms with Gasteiger partial charge in [0.1, 0.15) is 5.82 Å². The molecule has 0 spiro atoms. The number of fused-ring (bicyclic) bond motifs is 1. The van der Waals surface area contributed by atoms with E-state index in [1.807, 2.05) is 0 Å². The molecule has 0 saturated heterocycles. The van der Waals surface area contributed by atoms with Gasteiger partial charge < -0.3 is 15.3 Å². The normalized spacial score (nSPS) is 23.2. The van der Waals surface area contributed by atoms with Gasteiger partial charge in [-0.3, -0.25) is 19.6 Å². The van der Waals surface area contributed by atoms with E-state index in [0.717, 1.165) is 25.7 Å². The molecule has 192 valence electrons. The Bertz CT molecular complexity index is 1360. The third-order valence-corrected chi connectivity index (χ3v) is 7.64. The van der Waals surface area contributed by atoms with Crippen LogP contribution in [0.1, 0.15) is 53.0 Å². The number of anilines is 1. The van der Waals surface area contributed by atoms with E-state index in [1.54, 1.807) is 19.1 Å². The van der Waals surface area contributed by atoms with E-state index in [1.165, 1.54) is 41.6 Å². The van der Waals surface area contributed by atoms with E-state index in [2.05, 4.69) is 15.3 Å². The minimum atomic E-state index is -2.03. The molecule has 1 aliphatic heterocycles. The Hall–Kier alpha value is -3.07. The SMILES string of the molecule is Cc1ncc(Cl)cc1C(=O)NC1CCC(CN2C(=O)C(O)(c3ccc(Cl)cn3)c3ccc(F)cc32)CC1. The Kier molecular flexibility index (Phi) is 6.91. The average Bonchev–Trinajstić information content (AvgIpc) is 3.08. The van der Waals surface area contributed by atoms with Crippen LogP contribution in [0.4, 0.5) is 10.1 Å². The quantitative estimate of drug-likeness (QED) is 0.482. The smallest absolute Gasteiger partial charge is 0.270 e. The Morgan fingerprint density at radius 1 is 1.11 bits per heavy atom. The van der Waals surface area contributed by atoms with Crippen LogP contribution in [0.3, 0.4) is 0 Å². The van der Waals surface area contributed by atoms with E-state index >= 15 is 0 Å². The first kappa shape index (κ1) is 25.6. The van der Waals surface area contributed by atoms with Crippen molar-refractivity contribution < 1.29 is 19.1 Å². The van der Waals surface area contributed by atoms with Crippen LogP contribution >= 0.6 is 23.2 Å². The van der Waals surface area contributed by atoms with Crippen molar-refractivity contribution in [1.29, 1.82) is 0 Å². The maximum atomic E-state index is 14.2. The predicted octanol–water partition coefficient (Wildman–Crippen LogP) is 4.80. The number of pyridine rings is 2. The maximum Gasteiger partial charge on any atom is 0.270 e. The van der Waals surface area contributed by atoms with Crippen molar-refractivity contribution >= 4 is 40.7 Å². The molecule has 2 aromatic heterocycles. The number of hydrogen-bond donors (Lipinski definition) is 2. The highest BCUT2D eigenvalue weighted by Gasteiger charge is 2.52. The lowest BCUT2D eigenvalue weighted by Crippen LogP contribution is -2.45. The van der Waals surface area contributed by atoms with Crippen LogP contribution in [0.5, 0.6) is 0 Å². The van der Waals surface area contributed by atoms with Crippen LogP contribution in [0.25, 0.3) is 0 Å². The van der Waals surface area contributed by atoms with Gasteiger partial charge in [0.15, 0.2) is 0 Å². The summed E-state index contributed by atoms with van der Waals surface area (Å²) in [6.45, 7) is 2.08. The van der Waals surface area contributed by atoms with Crippen LogP contribution in [0.15, 0.2) is 48.8 Å². The fraction of sp³-hybridized carbons (Fsp3) is 0.333.